The Balaban J connectivity index is 2.04. The number of alkyl halides is 8. The van der Waals surface area contributed by atoms with E-state index in [-0.39, 0.29) is 32.6 Å². The fraction of sp³-hybridized carbons (Fsp3) is 0.357. The Morgan fingerprint density at radius 3 is 2.32 bits per heavy atom. The average Bonchev–Trinajstić information content (AvgIpc) is 3.12. The third-order valence-electron chi connectivity index (χ3n) is 3.39. The molecule has 3 aromatic heterocycles. The number of thioether (sulfide) groups is 1. The van der Waals surface area contributed by atoms with Crippen molar-refractivity contribution in [3.8, 4) is 11.4 Å². The van der Waals surface area contributed by atoms with Crippen molar-refractivity contribution < 1.29 is 35.1 Å². The van der Waals surface area contributed by atoms with E-state index in [1.54, 1.807) is 6.92 Å². The van der Waals surface area contributed by atoms with Crippen LogP contribution in [0.15, 0.2) is 23.4 Å². The second-order valence-electron chi connectivity index (χ2n) is 5.33. The quantitative estimate of drug-likeness (QED) is 0.383. The van der Waals surface area contributed by atoms with Gasteiger partial charge in [0, 0.05) is 11.1 Å². The Kier molecular flexibility index (Phi) is 5.06. The van der Waals surface area contributed by atoms with E-state index in [0.717, 1.165) is 24.0 Å². The molecule has 3 heterocycles. The van der Waals surface area contributed by atoms with Crippen molar-refractivity contribution in [2.75, 3.05) is 5.75 Å². The van der Waals surface area contributed by atoms with Gasteiger partial charge in [-0.05, 0) is 11.8 Å². The average molecular weight is 448 g/mol. The van der Waals surface area contributed by atoms with Crippen LogP contribution < -0.4 is 0 Å². The summed E-state index contributed by atoms with van der Waals surface area (Å²) in [6.45, 7) is 1.70. The molecule has 0 N–H and O–H groups in total. The smallest absolute Gasteiger partial charge is 0.253 e. The summed E-state index contributed by atoms with van der Waals surface area (Å²) < 4.78 is 103. The molecule has 3 aromatic rings. The van der Waals surface area contributed by atoms with Crippen LogP contribution >= 0.6 is 23.1 Å². The van der Waals surface area contributed by atoms with Crippen molar-refractivity contribution in [3.05, 3.63) is 29.0 Å². The summed E-state index contributed by atoms with van der Waals surface area (Å²) in [7, 11) is 0. The Hall–Kier alpha value is -1.96. The van der Waals surface area contributed by atoms with Crippen LogP contribution in [0.25, 0.3) is 16.3 Å². The zero-order valence-corrected chi connectivity index (χ0v) is 15.2. The van der Waals surface area contributed by atoms with Gasteiger partial charge in [0.05, 0.1) is 11.8 Å². The first kappa shape index (κ1) is 20.8. The van der Waals surface area contributed by atoms with Crippen molar-refractivity contribution in [1.82, 2.24) is 19.6 Å². The molecule has 0 spiro atoms. The maximum absolute atomic E-state index is 13.4. The molecule has 0 aliphatic rings. The zero-order valence-electron chi connectivity index (χ0n) is 13.6. The van der Waals surface area contributed by atoms with Gasteiger partial charge in [0.1, 0.15) is 11.4 Å². The molecule has 0 fully saturated rings. The molecule has 0 radical (unpaired) electrons. The van der Waals surface area contributed by atoms with Gasteiger partial charge in [-0.3, -0.25) is 4.98 Å². The third-order valence-corrected chi connectivity index (χ3v) is 5.29. The molecule has 28 heavy (non-hydrogen) atoms. The van der Waals surface area contributed by atoms with Gasteiger partial charge in [-0.15, -0.1) is 11.8 Å². The fourth-order valence-electron chi connectivity index (χ4n) is 2.12. The van der Waals surface area contributed by atoms with Gasteiger partial charge >= 0.3 is 18.3 Å². The van der Waals surface area contributed by atoms with E-state index in [9.17, 15) is 35.1 Å². The van der Waals surface area contributed by atoms with Crippen LogP contribution in [0.1, 0.15) is 17.5 Å². The lowest BCUT2D eigenvalue weighted by molar-refractivity contribution is -0.289. The first-order chi connectivity index (χ1) is 12.8. The molecule has 152 valence electrons. The van der Waals surface area contributed by atoms with Crippen LogP contribution in [0.3, 0.4) is 0 Å². The van der Waals surface area contributed by atoms with Crippen molar-refractivity contribution in [1.29, 1.82) is 0 Å². The number of rotatable bonds is 4. The van der Waals surface area contributed by atoms with Gasteiger partial charge in [-0.2, -0.15) is 40.2 Å². The lowest BCUT2D eigenvalue weighted by Gasteiger charge is -2.15. The molecule has 0 bridgehead atoms. The predicted octanol–water partition coefficient (Wildman–Crippen LogP) is 5.64. The minimum atomic E-state index is -5.81. The number of hydrogen-bond acceptors (Lipinski definition) is 5. The van der Waals surface area contributed by atoms with Crippen LogP contribution in [-0.2, 0) is 12.1 Å². The molecule has 0 amide bonds. The molecule has 0 saturated carbocycles. The zero-order chi connectivity index (χ0) is 20.9. The first-order valence-corrected chi connectivity index (χ1v) is 9.16. The van der Waals surface area contributed by atoms with Gasteiger partial charge in [0.25, 0.3) is 0 Å². The van der Waals surface area contributed by atoms with Crippen molar-refractivity contribution in [3.63, 3.8) is 0 Å². The van der Waals surface area contributed by atoms with Crippen LogP contribution in [0, 0.1) is 0 Å². The van der Waals surface area contributed by atoms with E-state index in [0.29, 0.717) is 16.5 Å². The molecule has 14 heteroatoms. The second-order valence-corrected chi connectivity index (χ2v) is 7.60. The number of aromatic nitrogens is 4. The monoisotopic (exact) mass is 448 g/mol. The fourth-order valence-corrected chi connectivity index (χ4v) is 3.81. The van der Waals surface area contributed by atoms with E-state index in [4.69, 9.17) is 0 Å². The summed E-state index contributed by atoms with van der Waals surface area (Å²) in [6, 6.07) is 0.876. The van der Waals surface area contributed by atoms with Gasteiger partial charge in [-0.25, -0.2) is 9.50 Å². The topological polar surface area (TPSA) is 43.1 Å². The van der Waals surface area contributed by atoms with Gasteiger partial charge in [0.2, 0.25) is 4.96 Å². The van der Waals surface area contributed by atoms with Crippen LogP contribution in [0.2, 0.25) is 0 Å². The minimum Gasteiger partial charge on any atom is -0.253 e. The molecule has 0 saturated heterocycles. The highest BCUT2D eigenvalue weighted by molar-refractivity contribution is 7.99. The van der Waals surface area contributed by atoms with E-state index < -0.39 is 28.8 Å². The Morgan fingerprint density at radius 2 is 1.79 bits per heavy atom. The molecular formula is C14H8F8N4S2. The van der Waals surface area contributed by atoms with Gasteiger partial charge in [0.15, 0.2) is 5.01 Å². The third kappa shape index (κ3) is 3.66. The normalized spacial score (nSPS) is 13.5. The van der Waals surface area contributed by atoms with Crippen LogP contribution in [0.5, 0.6) is 0 Å². The Labute approximate surface area is 159 Å². The maximum Gasteiger partial charge on any atom is 0.460 e. The lowest BCUT2D eigenvalue weighted by atomic mass is 10.2. The number of pyridine rings is 1. The summed E-state index contributed by atoms with van der Waals surface area (Å²) in [5, 5.41) is 1.73. The first-order valence-electron chi connectivity index (χ1n) is 7.36. The number of halogens is 8. The van der Waals surface area contributed by atoms with E-state index in [1.165, 1.54) is 0 Å². The van der Waals surface area contributed by atoms with E-state index in [1.807, 2.05) is 0 Å². The molecule has 0 atom stereocenters. The van der Waals surface area contributed by atoms with Crippen molar-refractivity contribution in [2.24, 2.45) is 0 Å². The highest BCUT2D eigenvalue weighted by atomic mass is 32.2. The predicted molar refractivity (Wildman–Crippen MR) is 85.4 cm³/mol. The number of hydrogen-bond donors (Lipinski definition) is 0. The summed E-state index contributed by atoms with van der Waals surface area (Å²) >= 11 is 1.08. The summed E-state index contributed by atoms with van der Waals surface area (Å²) in [5.41, 5.74) is -0.926. The summed E-state index contributed by atoms with van der Waals surface area (Å²) in [6.07, 6.45) is -8.79. The second kappa shape index (κ2) is 6.83. The molecule has 0 aliphatic heterocycles. The summed E-state index contributed by atoms with van der Waals surface area (Å²) in [5.74, 6) is -4.73. The highest BCUT2D eigenvalue weighted by Gasteiger charge is 2.61. The van der Waals surface area contributed by atoms with E-state index in [2.05, 4.69) is 15.1 Å². The molecule has 0 unspecified atom stereocenters. The standard InChI is InChI=1S/C14H8F8N4S2/c1-2-27-8-3-6(13(17,18)19)4-23-9(8)7-5-26-11(24-7)28-10(25-26)12(15,16)14(20,21)22/h3-5H,2H2,1H3. The van der Waals surface area contributed by atoms with Gasteiger partial charge in [-0.1, -0.05) is 18.3 Å². The Morgan fingerprint density at radius 1 is 1.11 bits per heavy atom. The number of nitrogens with zero attached hydrogens (tertiary/aromatic N) is 4. The van der Waals surface area contributed by atoms with Gasteiger partial charge < -0.3 is 0 Å². The van der Waals surface area contributed by atoms with Crippen molar-refractivity contribution in [2.45, 2.75) is 30.1 Å². The molecular weight excluding hydrogens is 440 g/mol. The largest absolute Gasteiger partial charge is 0.460 e. The number of imidazole rings is 1. The maximum atomic E-state index is 13.4. The van der Waals surface area contributed by atoms with Crippen LogP contribution in [0.4, 0.5) is 35.1 Å². The number of fused-ring (bicyclic) bond motifs is 1. The SMILES string of the molecule is CCSc1cc(C(F)(F)F)cnc1-c1cn2nc(C(F)(F)C(F)(F)F)sc2n1. The molecule has 4 nitrogen and oxygen atoms in total. The lowest BCUT2D eigenvalue weighted by Crippen LogP contribution is -2.33. The minimum absolute atomic E-state index is 0.00491. The summed E-state index contributed by atoms with van der Waals surface area (Å²) in [4.78, 5) is 7.51. The van der Waals surface area contributed by atoms with E-state index >= 15 is 0 Å². The van der Waals surface area contributed by atoms with Crippen LogP contribution in [-0.4, -0.2) is 31.5 Å². The van der Waals surface area contributed by atoms with Crippen molar-refractivity contribution >= 4 is 28.1 Å². The molecule has 3 rings (SSSR count). The molecule has 0 aliphatic carbocycles. The molecule has 0 aromatic carbocycles. The highest BCUT2D eigenvalue weighted by Crippen LogP contribution is 2.45. The Bertz CT molecular complexity index is 974.